The van der Waals surface area contributed by atoms with Crippen LogP contribution in [0.4, 0.5) is 16.0 Å². The Balaban J connectivity index is 1.28. The van der Waals surface area contributed by atoms with Crippen molar-refractivity contribution < 1.29 is 14.4 Å². The van der Waals surface area contributed by atoms with Gasteiger partial charge in [-0.25, -0.2) is 4.98 Å². The molecule has 2 aromatic heterocycles. The summed E-state index contributed by atoms with van der Waals surface area (Å²) in [5.41, 5.74) is 1.90. The van der Waals surface area contributed by atoms with Gasteiger partial charge >= 0.3 is 0 Å². The Morgan fingerprint density at radius 3 is 2.74 bits per heavy atom. The lowest BCUT2D eigenvalue weighted by atomic mass is 10.1. The molecule has 4 rings (SSSR count). The van der Waals surface area contributed by atoms with E-state index in [2.05, 4.69) is 25.8 Å². The molecule has 1 fully saturated rings. The first-order valence-corrected chi connectivity index (χ1v) is 12.0. The quantitative estimate of drug-likeness (QED) is 0.399. The minimum absolute atomic E-state index is 0.0799. The van der Waals surface area contributed by atoms with Gasteiger partial charge in [0.05, 0.1) is 11.7 Å². The largest absolute Gasteiger partial charge is 0.312 e. The number of nitrogens with zero attached hydrogens (tertiary/aromatic N) is 4. The predicted octanol–water partition coefficient (Wildman–Crippen LogP) is 3.03. The molecule has 12 heteroatoms. The second kappa shape index (κ2) is 9.54. The third kappa shape index (κ3) is 5.46. The van der Waals surface area contributed by atoms with E-state index in [1.165, 1.54) is 34.4 Å². The normalized spacial score (nSPS) is 15.8. The molecule has 1 saturated heterocycles. The molecule has 2 N–H and O–H groups in total. The first-order valence-electron chi connectivity index (χ1n) is 9.31. The van der Waals surface area contributed by atoms with Crippen LogP contribution in [0.5, 0.6) is 0 Å². The van der Waals surface area contributed by atoms with Crippen LogP contribution in [0.1, 0.15) is 12.0 Å². The number of aromatic nitrogens is 3. The Morgan fingerprint density at radius 2 is 2.00 bits per heavy atom. The topological polar surface area (TPSA) is 117 Å². The summed E-state index contributed by atoms with van der Waals surface area (Å²) in [5, 5.41) is 16.0. The molecule has 0 saturated carbocycles. The molecular formula is C19H18N6O3S3. The van der Waals surface area contributed by atoms with Crippen LogP contribution >= 0.6 is 34.4 Å². The van der Waals surface area contributed by atoms with Crippen molar-refractivity contribution in [2.75, 3.05) is 27.8 Å². The summed E-state index contributed by atoms with van der Waals surface area (Å²) in [4.78, 5) is 42.5. The van der Waals surface area contributed by atoms with Gasteiger partial charge in [-0.15, -0.1) is 21.5 Å². The lowest BCUT2D eigenvalue weighted by molar-refractivity contribution is -0.122. The van der Waals surface area contributed by atoms with Gasteiger partial charge in [-0.1, -0.05) is 40.8 Å². The summed E-state index contributed by atoms with van der Waals surface area (Å²) in [7, 11) is 0. The molecule has 3 amide bonds. The maximum Gasteiger partial charge on any atom is 0.236 e. The Hall–Kier alpha value is -2.83. The number of hydrogen-bond acceptors (Lipinski definition) is 9. The smallest absolute Gasteiger partial charge is 0.236 e. The zero-order valence-corrected chi connectivity index (χ0v) is 18.9. The standard InChI is InChI=1S/C19H18N6O3S3/c1-11-2-4-13(5-3-11)25-9-12(8-15(25)27)16(28)22-18-23-24-19(31-18)30-10-14(26)21-17-20-6-7-29-17/h2-7,12H,8-10H2,1H3,(H,20,21,26)(H,22,23,28)/t12-/m0/s1. The number of hydrogen-bond donors (Lipinski definition) is 2. The van der Waals surface area contributed by atoms with Crippen LogP contribution in [0.15, 0.2) is 40.2 Å². The summed E-state index contributed by atoms with van der Waals surface area (Å²) in [5.74, 6) is -0.842. The van der Waals surface area contributed by atoms with E-state index < -0.39 is 5.92 Å². The highest BCUT2D eigenvalue weighted by molar-refractivity contribution is 8.01. The van der Waals surface area contributed by atoms with Crippen LogP contribution in [0.3, 0.4) is 0 Å². The number of amides is 3. The highest BCUT2D eigenvalue weighted by Gasteiger charge is 2.35. The second-order valence-electron chi connectivity index (χ2n) is 6.78. The fraction of sp³-hybridized carbons (Fsp3) is 0.263. The molecule has 9 nitrogen and oxygen atoms in total. The maximum absolute atomic E-state index is 12.6. The van der Waals surface area contributed by atoms with Crippen LogP contribution in [0, 0.1) is 12.8 Å². The Morgan fingerprint density at radius 1 is 1.19 bits per heavy atom. The van der Waals surface area contributed by atoms with Crippen LogP contribution in [-0.4, -0.2) is 45.2 Å². The minimum atomic E-state index is -0.460. The lowest BCUT2D eigenvalue weighted by Crippen LogP contribution is -2.28. The van der Waals surface area contributed by atoms with Crippen LogP contribution in [0.25, 0.3) is 0 Å². The molecule has 160 valence electrons. The zero-order chi connectivity index (χ0) is 21.8. The number of carbonyl (C=O) groups excluding carboxylic acids is 3. The van der Waals surface area contributed by atoms with Crippen molar-refractivity contribution in [3.8, 4) is 0 Å². The van der Waals surface area contributed by atoms with E-state index in [1.807, 2.05) is 31.2 Å². The van der Waals surface area contributed by atoms with Crippen molar-refractivity contribution in [3.05, 3.63) is 41.4 Å². The van der Waals surface area contributed by atoms with E-state index in [9.17, 15) is 14.4 Å². The van der Waals surface area contributed by atoms with E-state index in [0.29, 0.717) is 21.1 Å². The summed E-state index contributed by atoms with van der Waals surface area (Å²) in [6, 6.07) is 7.64. The van der Waals surface area contributed by atoms with Crippen LogP contribution in [-0.2, 0) is 14.4 Å². The summed E-state index contributed by atoms with van der Waals surface area (Å²) < 4.78 is 0.563. The van der Waals surface area contributed by atoms with Crippen molar-refractivity contribution in [2.45, 2.75) is 17.7 Å². The van der Waals surface area contributed by atoms with Gasteiger partial charge in [0, 0.05) is 30.2 Å². The Kier molecular flexibility index (Phi) is 6.59. The number of rotatable bonds is 7. The Labute approximate surface area is 190 Å². The summed E-state index contributed by atoms with van der Waals surface area (Å²) in [6.45, 7) is 2.30. The van der Waals surface area contributed by atoms with Gasteiger partial charge in [0.25, 0.3) is 0 Å². The first-order chi connectivity index (χ1) is 15.0. The molecule has 3 aromatic rings. The molecule has 0 radical (unpaired) electrons. The van der Waals surface area contributed by atoms with E-state index >= 15 is 0 Å². The van der Waals surface area contributed by atoms with Crippen molar-refractivity contribution >= 4 is 68.1 Å². The number of anilines is 3. The molecule has 0 unspecified atom stereocenters. The average molecular weight is 475 g/mol. The van der Waals surface area contributed by atoms with E-state index in [-0.39, 0.29) is 29.9 Å². The van der Waals surface area contributed by atoms with Gasteiger partial charge in [-0.2, -0.15) is 0 Å². The number of nitrogens with one attached hydrogen (secondary N) is 2. The van der Waals surface area contributed by atoms with Crippen molar-refractivity contribution in [2.24, 2.45) is 5.92 Å². The second-order valence-corrected chi connectivity index (χ2v) is 9.87. The van der Waals surface area contributed by atoms with Crippen LogP contribution < -0.4 is 15.5 Å². The van der Waals surface area contributed by atoms with Gasteiger partial charge in [0.15, 0.2) is 9.47 Å². The molecule has 1 aliphatic heterocycles. The molecule has 0 aliphatic carbocycles. The van der Waals surface area contributed by atoms with Gasteiger partial charge in [-0.3, -0.25) is 14.4 Å². The SMILES string of the molecule is Cc1ccc(N2C[C@@H](C(=O)Nc3nnc(SCC(=O)Nc4nccs4)s3)CC2=O)cc1. The van der Waals surface area contributed by atoms with E-state index in [4.69, 9.17) is 0 Å². The monoisotopic (exact) mass is 474 g/mol. The maximum atomic E-state index is 12.6. The van der Waals surface area contributed by atoms with Gasteiger partial charge in [0.1, 0.15) is 0 Å². The van der Waals surface area contributed by atoms with E-state index in [0.717, 1.165) is 11.3 Å². The number of thioether (sulfide) groups is 1. The zero-order valence-electron chi connectivity index (χ0n) is 16.4. The van der Waals surface area contributed by atoms with Gasteiger partial charge in [-0.05, 0) is 19.1 Å². The Bertz CT molecular complexity index is 1080. The molecule has 1 aliphatic rings. The number of benzene rings is 1. The highest BCUT2D eigenvalue weighted by atomic mass is 32.2. The summed E-state index contributed by atoms with van der Waals surface area (Å²) >= 11 is 3.76. The third-order valence-corrected chi connectivity index (χ3v) is 7.14. The molecule has 1 aromatic carbocycles. The van der Waals surface area contributed by atoms with Crippen molar-refractivity contribution in [3.63, 3.8) is 0 Å². The number of thiazole rings is 1. The molecule has 3 heterocycles. The number of carbonyl (C=O) groups is 3. The van der Waals surface area contributed by atoms with Crippen molar-refractivity contribution in [1.29, 1.82) is 0 Å². The highest BCUT2D eigenvalue weighted by Crippen LogP contribution is 2.29. The summed E-state index contributed by atoms with van der Waals surface area (Å²) in [6.07, 6.45) is 1.77. The van der Waals surface area contributed by atoms with Gasteiger partial charge < -0.3 is 15.5 Å². The fourth-order valence-electron chi connectivity index (χ4n) is 2.95. The molecule has 0 spiro atoms. The molecule has 0 bridgehead atoms. The number of aryl methyl sites for hydroxylation is 1. The molecule has 31 heavy (non-hydrogen) atoms. The average Bonchev–Trinajstić information content (AvgIpc) is 3.49. The van der Waals surface area contributed by atoms with Gasteiger partial charge in [0.2, 0.25) is 22.9 Å². The first kappa shape index (κ1) is 21.4. The molecule has 1 atom stereocenters. The van der Waals surface area contributed by atoms with E-state index in [1.54, 1.807) is 16.5 Å². The minimum Gasteiger partial charge on any atom is -0.312 e. The fourth-order valence-corrected chi connectivity index (χ4v) is 5.05. The lowest BCUT2D eigenvalue weighted by Gasteiger charge is -2.16. The van der Waals surface area contributed by atoms with Crippen molar-refractivity contribution in [1.82, 2.24) is 15.2 Å². The third-order valence-electron chi connectivity index (χ3n) is 4.48. The predicted molar refractivity (Wildman–Crippen MR) is 122 cm³/mol. The molecular weight excluding hydrogens is 456 g/mol. The van der Waals surface area contributed by atoms with Crippen LogP contribution in [0.2, 0.25) is 0 Å².